The molecule has 0 bridgehead atoms. The highest BCUT2D eigenvalue weighted by molar-refractivity contribution is 6.45. The van der Waals surface area contributed by atoms with Crippen molar-refractivity contribution >= 4 is 23.1 Å². The van der Waals surface area contributed by atoms with Crippen molar-refractivity contribution in [3.63, 3.8) is 0 Å². The Morgan fingerprint density at radius 3 is 2.38 bits per heavy atom. The van der Waals surface area contributed by atoms with E-state index in [-0.39, 0.29) is 18.6 Å². The van der Waals surface area contributed by atoms with Crippen molar-refractivity contribution in [2.24, 2.45) is 0 Å². The number of aryl methyl sites for hydroxylation is 2. The van der Waals surface area contributed by atoms with E-state index in [0.717, 1.165) is 22.3 Å². The van der Waals surface area contributed by atoms with Crippen molar-refractivity contribution in [1.82, 2.24) is 4.90 Å². The molecular weight excluding hydrogens is 428 g/mol. The molecule has 2 amide bonds. The Morgan fingerprint density at radius 1 is 0.882 bits per heavy atom. The first-order valence-electron chi connectivity index (χ1n) is 11.4. The zero-order chi connectivity index (χ0) is 23.8. The van der Waals surface area contributed by atoms with E-state index in [9.17, 15) is 9.59 Å². The van der Waals surface area contributed by atoms with E-state index >= 15 is 0 Å². The monoisotopic (exact) mass is 454 g/mol. The summed E-state index contributed by atoms with van der Waals surface area (Å²) in [5, 5.41) is 0. The van der Waals surface area contributed by atoms with Gasteiger partial charge in [0, 0.05) is 19.2 Å². The van der Waals surface area contributed by atoms with Gasteiger partial charge in [0.2, 0.25) is 6.79 Å². The van der Waals surface area contributed by atoms with Crippen LogP contribution < -0.4 is 14.4 Å². The highest BCUT2D eigenvalue weighted by atomic mass is 16.7. The molecule has 0 atom stereocenters. The fourth-order valence-corrected chi connectivity index (χ4v) is 4.56. The minimum absolute atomic E-state index is 0.124. The third kappa shape index (κ3) is 3.71. The maximum Gasteiger partial charge on any atom is 0.282 e. The summed E-state index contributed by atoms with van der Waals surface area (Å²) in [6, 6.07) is 21.1. The predicted octanol–water partition coefficient (Wildman–Crippen LogP) is 4.84. The molecule has 0 radical (unpaired) electrons. The van der Waals surface area contributed by atoms with Crippen LogP contribution in [0.25, 0.3) is 5.57 Å². The number of nitrogens with zero attached hydrogens (tertiary/aromatic N) is 2. The van der Waals surface area contributed by atoms with Gasteiger partial charge in [0.15, 0.2) is 11.5 Å². The van der Waals surface area contributed by atoms with Crippen LogP contribution in [-0.2, 0) is 16.1 Å². The number of rotatable bonds is 6. The summed E-state index contributed by atoms with van der Waals surface area (Å²) in [5.41, 5.74) is 5.21. The molecule has 34 heavy (non-hydrogen) atoms. The average Bonchev–Trinajstić information content (AvgIpc) is 3.40. The molecule has 0 aliphatic carbocycles. The van der Waals surface area contributed by atoms with Gasteiger partial charge in [-0.3, -0.25) is 9.59 Å². The van der Waals surface area contributed by atoms with Gasteiger partial charge in [-0.05, 0) is 49.6 Å². The maximum absolute atomic E-state index is 13.9. The van der Waals surface area contributed by atoms with Gasteiger partial charge in [-0.2, -0.15) is 0 Å². The number of amides is 2. The lowest BCUT2D eigenvalue weighted by atomic mass is 9.97. The summed E-state index contributed by atoms with van der Waals surface area (Å²) in [6.07, 6.45) is 0. The number of ether oxygens (including phenoxy) is 2. The first-order chi connectivity index (χ1) is 16.5. The van der Waals surface area contributed by atoms with E-state index in [4.69, 9.17) is 9.47 Å². The molecular formula is C28H26N2O4. The lowest BCUT2D eigenvalue weighted by Crippen LogP contribution is -2.35. The number of benzene rings is 3. The molecule has 172 valence electrons. The fourth-order valence-electron chi connectivity index (χ4n) is 4.56. The Bertz CT molecular complexity index is 1310. The Labute approximate surface area is 199 Å². The molecule has 2 aliphatic heterocycles. The van der Waals surface area contributed by atoms with E-state index in [1.54, 1.807) is 18.2 Å². The highest BCUT2D eigenvalue weighted by Crippen LogP contribution is 2.40. The second-order valence-electron chi connectivity index (χ2n) is 8.53. The number of carbonyl (C=O) groups excluding carboxylic acids is 2. The molecule has 0 unspecified atom stereocenters. The lowest BCUT2D eigenvalue weighted by Gasteiger charge is -2.25. The number of hydrogen-bond acceptors (Lipinski definition) is 5. The summed E-state index contributed by atoms with van der Waals surface area (Å²) >= 11 is 0. The third-order valence-corrected chi connectivity index (χ3v) is 6.24. The van der Waals surface area contributed by atoms with Crippen LogP contribution in [0.3, 0.4) is 0 Å². The fraction of sp³-hybridized carbons (Fsp3) is 0.214. The maximum atomic E-state index is 13.9. The predicted molar refractivity (Wildman–Crippen MR) is 130 cm³/mol. The summed E-state index contributed by atoms with van der Waals surface area (Å²) in [6.45, 7) is 7.21. The van der Waals surface area contributed by atoms with E-state index in [2.05, 4.69) is 0 Å². The van der Waals surface area contributed by atoms with Crippen LogP contribution in [0.2, 0.25) is 0 Å². The molecule has 3 aromatic rings. The molecule has 2 heterocycles. The number of imide groups is 1. The van der Waals surface area contributed by atoms with Crippen LogP contribution in [-0.4, -0.2) is 30.1 Å². The van der Waals surface area contributed by atoms with Crippen molar-refractivity contribution in [2.75, 3.05) is 18.2 Å². The first kappa shape index (κ1) is 21.8. The topological polar surface area (TPSA) is 59.1 Å². The Kier molecular flexibility index (Phi) is 5.57. The number of hydrogen-bond donors (Lipinski definition) is 0. The Morgan fingerprint density at radius 2 is 1.65 bits per heavy atom. The quantitative estimate of drug-likeness (QED) is 0.499. The number of carbonyl (C=O) groups is 2. The molecule has 6 heteroatoms. The van der Waals surface area contributed by atoms with Crippen LogP contribution in [0.5, 0.6) is 11.5 Å². The van der Waals surface area contributed by atoms with Gasteiger partial charge in [-0.1, -0.05) is 54.1 Å². The molecule has 0 saturated heterocycles. The van der Waals surface area contributed by atoms with E-state index in [1.807, 2.05) is 74.2 Å². The number of fused-ring (bicyclic) bond motifs is 1. The largest absolute Gasteiger partial charge is 0.454 e. The smallest absolute Gasteiger partial charge is 0.282 e. The Hall–Kier alpha value is -4.06. The van der Waals surface area contributed by atoms with Gasteiger partial charge < -0.3 is 14.4 Å². The standard InChI is InChI=1S/C28H26N2O4/c1-4-29(16-20-8-6-5-7-9-20)26-25(22-12-10-18(2)14-19(22)3)27(31)30(28(26)32)21-11-13-23-24(15-21)34-17-33-23/h5-15H,4,16-17H2,1-3H3. The summed E-state index contributed by atoms with van der Waals surface area (Å²) < 4.78 is 10.9. The van der Waals surface area contributed by atoms with Crippen LogP contribution in [0.1, 0.15) is 29.2 Å². The summed E-state index contributed by atoms with van der Waals surface area (Å²) in [5.74, 6) is 0.454. The first-order valence-corrected chi connectivity index (χ1v) is 11.4. The van der Waals surface area contributed by atoms with Gasteiger partial charge >= 0.3 is 0 Å². The molecule has 0 aromatic heterocycles. The SMILES string of the molecule is CCN(Cc1ccccc1)C1=C(c2ccc(C)cc2C)C(=O)N(c2ccc3c(c2)OCO3)C1=O. The van der Waals surface area contributed by atoms with Gasteiger partial charge in [-0.15, -0.1) is 0 Å². The van der Waals surface area contributed by atoms with Crippen LogP contribution in [0.4, 0.5) is 5.69 Å². The van der Waals surface area contributed by atoms with Crippen molar-refractivity contribution < 1.29 is 19.1 Å². The average molecular weight is 455 g/mol. The lowest BCUT2D eigenvalue weighted by molar-refractivity contribution is -0.120. The molecule has 6 nitrogen and oxygen atoms in total. The third-order valence-electron chi connectivity index (χ3n) is 6.24. The van der Waals surface area contributed by atoms with Crippen LogP contribution in [0, 0.1) is 13.8 Å². The van der Waals surface area contributed by atoms with Crippen molar-refractivity contribution in [3.05, 3.63) is 94.7 Å². The molecule has 5 rings (SSSR count). The van der Waals surface area contributed by atoms with Crippen molar-refractivity contribution in [1.29, 1.82) is 0 Å². The summed E-state index contributed by atoms with van der Waals surface area (Å²) in [7, 11) is 0. The minimum atomic E-state index is -0.336. The van der Waals surface area contributed by atoms with Crippen LogP contribution in [0.15, 0.2) is 72.4 Å². The van der Waals surface area contributed by atoms with Crippen molar-refractivity contribution in [3.8, 4) is 11.5 Å². The van der Waals surface area contributed by atoms with Gasteiger partial charge in [0.1, 0.15) is 5.70 Å². The van der Waals surface area contributed by atoms with Gasteiger partial charge in [-0.25, -0.2) is 4.90 Å². The molecule has 3 aromatic carbocycles. The molecule has 0 saturated carbocycles. The Balaban J connectivity index is 1.63. The minimum Gasteiger partial charge on any atom is -0.454 e. The van der Waals surface area contributed by atoms with Crippen molar-refractivity contribution in [2.45, 2.75) is 27.3 Å². The summed E-state index contributed by atoms with van der Waals surface area (Å²) in [4.78, 5) is 31.0. The zero-order valence-corrected chi connectivity index (χ0v) is 19.5. The van der Waals surface area contributed by atoms with Crippen LogP contribution >= 0.6 is 0 Å². The normalized spacial score (nSPS) is 14.9. The number of anilines is 1. The second kappa shape index (κ2) is 8.71. The van der Waals surface area contributed by atoms with Gasteiger partial charge in [0.25, 0.3) is 11.8 Å². The molecule has 0 spiro atoms. The molecule has 2 aliphatic rings. The second-order valence-corrected chi connectivity index (χ2v) is 8.53. The van der Waals surface area contributed by atoms with E-state index in [0.29, 0.717) is 41.5 Å². The molecule has 0 fully saturated rings. The highest BCUT2D eigenvalue weighted by Gasteiger charge is 2.43. The zero-order valence-electron chi connectivity index (χ0n) is 19.5. The van der Waals surface area contributed by atoms with Gasteiger partial charge in [0.05, 0.1) is 11.3 Å². The van der Waals surface area contributed by atoms with E-state index < -0.39 is 0 Å². The molecule has 0 N–H and O–H groups in total. The number of likely N-dealkylation sites (N-methyl/N-ethyl adjacent to an activating group) is 1. The van der Waals surface area contributed by atoms with E-state index in [1.165, 1.54) is 4.90 Å².